The Labute approximate surface area is 129 Å². The Morgan fingerprint density at radius 2 is 2.00 bits per heavy atom. The molecule has 0 radical (unpaired) electrons. The van der Waals surface area contributed by atoms with Crippen molar-refractivity contribution in [3.8, 4) is 0 Å². The Bertz CT molecular complexity index is 663. The molecular formula is C16H21N3O3. The molecule has 2 N–H and O–H groups in total. The number of likely N-dealkylation sites (N-methyl/N-ethyl adjacent to an activating group) is 1. The first-order chi connectivity index (χ1) is 10.5. The van der Waals surface area contributed by atoms with Gasteiger partial charge in [0.15, 0.2) is 5.58 Å². The highest BCUT2D eigenvalue weighted by molar-refractivity contribution is 5.90. The van der Waals surface area contributed by atoms with Gasteiger partial charge in [-0.05, 0) is 24.5 Å². The van der Waals surface area contributed by atoms with Gasteiger partial charge in [-0.2, -0.15) is 0 Å². The van der Waals surface area contributed by atoms with Crippen molar-refractivity contribution in [2.45, 2.75) is 32.7 Å². The lowest BCUT2D eigenvalue weighted by molar-refractivity contribution is -0.128. The van der Waals surface area contributed by atoms with Gasteiger partial charge in [-0.3, -0.25) is 9.59 Å². The number of aromatic nitrogens is 1. The van der Waals surface area contributed by atoms with E-state index in [1.165, 1.54) is 0 Å². The highest BCUT2D eigenvalue weighted by Gasteiger charge is 2.22. The molecule has 1 aromatic heterocycles. The molecule has 1 atom stereocenters. The van der Waals surface area contributed by atoms with Crippen LogP contribution < -0.4 is 10.6 Å². The first kappa shape index (κ1) is 16.0. The van der Waals surface area contributed by atoms with Crippen LogP contribution in [-0.2, 0) is 16.0 Å². The highest BCUT2D eigenvalue weighted by Crippen LogP contribution is 2.18. The van der Waals surface area contributed by atoms with Gasteiger partial charge in [0, 0.05) is 12.4 Å². The lowest BCUT2D eigenvalue weighted by Gasteiger charge is -2.18. The zero-order valence-corrected chi connectivity index (χ0v) is 13.1. The van der Waals surface area contributed by atoms with E-state index in [4.69, 9.17) is 4.52 Å². The standard InChI is InChI=1S/C16H21N3O3/c1-10(2)8-13(16(21)17-3)18-15(20)9-12-11-6-4-5-7-14(11)22-19-12/h4-7,10,13H,8-9H2,1-3H3,(H,17,21)(H,18,20)/t13-/m0/s1. The van der Waals surface area contributed by atoms with Gasteiger partial charge in [0.1, 0.15) is 11.7 Å². The molecule has 2 aromatic rings. The summed E-state index contributed by atoms with van der Waals surface area (Å²) in [4.78, 5) is 24.0. The van der Waals surface area contributed by atoms with Gasteiger partial charge in [-0.15, -0.1) is 0 Å². The summed E-state index contributed by atoms with van der Waals surface area (Å²) in [7, 11) is 1.56. The van der Waals surface area contributed by atoms with Gasteiger partial charge in [-0.25, -0.2) is 0 Å². The molecule has 0 unspecified atom stereocenters. The molecule has 0 bridgehead atoms. The number of carbonyl (C=O) groups excluding carboxylic acids is 2. The predicted octanol–water partition coefficient (Wildman–Crippen LogP) is 1.65. The topological polar surface area (TPSA) is 84.2 Å². The number of benzene rings is 1. The average molecular weight is 303 g/mol. The molecule has 2 rings (SSSR count). The monoisotopic (exact) mass is 303 g/mol. The van der Waals surface area contributed by atoms with Gasteiger partial charge in [-0.1, -0.05) is 31.1 Å². The molecule has 2 amide bonds. The molecule has 0 aliphatic heterocycles. The fraction of sp³-hybridized carbons (Fsp3) is 0.438. The Kier molecular flexibility index (Phi) is 5.14. The lowest BCUT2D eigenvalue weighted by Crippen LogP contribution is -2.46. The lowest BCUT2D eigenvalue weighted by atomic mass is 10.0. The van der Waals surface area contributed by atoms with Crippen molar-refractivity contribution in [2.75, 3.05) is 7.05 Å². The van der Waals surface area contributed by atoms with Crippen LogP contribution in [-0.4, -0.2) is 30.1 Å². The van der Waals surface area contributed by atoms with Gasteiger partial charge in [0.2, 0.25) is 11.8 Å². The van der Waals surface area contributed by atoms with Crippen molar-refractivity contribution < 1.29 is 14.1 Å². The minimum atomic E-state index is -0.532. The number of nitrogens with zero attached hydrogens (tertiary/aromatic N) is 1. The van der Waals surface area contributed by atoms with Crippen LogP contribution >= 0.6 is 0 Å². The number of para-hydroxylation sites is 1. The maximum absolute atomic E-state index is 12.2. The molecule has 0 aliphatic rings. The number of nitrogens with one attached hydrogen (secondary N) is 2. The highest BCUT2D eigenvalue weighted by atomic mass is 16.5. The fourth-order valence-corrected chi connectivity index (χ4v) is 2.34. The normalized spacial score (nSPS) is 12.4. The van der Waals surface area contributed by atoms with E-state index in [1.54, 1.807) is 13.1 Å². The average Bonchev–Trinajstić information content (AvgIpc) is 2.88. The summed E-state index contributed by atoms with van der Waals surface area (Å²) in [6.45, 7) is 4.01. The van der Waals surface area contributed by atoms with E-state index in [1.807, 2.05) is 32.0 Å². The first-order valence-electron chi connectivity index (χ1n) is 7.35. The molecule has 1 heterocycles. The van der Waals surface area contributed by atoms with Crippen LogP contribution in [0, 0.1) is 5.92 Å². The van der Waals surface area contributed by atoms with Crippen molar-refractivity contribution in [2.24, 2.45) is 5.92 Å². The van der Waals surface area contributed by atoms with Gasteiger partial charge >= 0.3 is 0 Å². The largest absolute Gasteiger partial charge is 0.357 e. The van der Waals surface area contributed by atoms with Crippen molar-refractivity contribution in [3.05, 3.63) is 30.0 Å². The molecule has 0 saturated heterocycles. The van der Waals surface area contributed by atoms with Crippen molar-refractivity contribution >= 4 is 22.8 Å². The summed E-state index contributed by atoms with van der Waals surface area (Å²) < 4.78 is 5.18. The number of fused-ring (bicyclic) bond motifs is 1. The second-order valence-corrected chi connectivity index (χ2v) is 5.67. The van der Waals surface area contributed by atoms with Gasteiger partial charge in [0.05, 0.1) is 6.42 Å². The van der Waals surface area contributed by atoms with Crippen LogP contribution in [0.25, 0.3) is 11.0 Å². The fourth-order valence-electron chi connectivity index (χ4n) is 2.34. The summed E-state index contributed by atoms with van der Waals surface area (Å²) >= 11 is 0. The smallest absolute Gasteiger partial charge is 0.242 e. The van der Waals surface area contributed by atoms with E-state index >= 15 is 0 Å². The zero-order valence-electron chi connectivity index (χ0n) is 13.1. The van der Waals surface area contributed by atoms with Crippen LogP contribution in [0.3, 0.4) is 0 Å². The van der Waals surface area contributed by atoms with E-state index in [2.05, 4.69) is 15.8 Å². The molecule has 0 spiro atoms. The number of hydrogen-bond acceptors (Lipinski definition) is 4. The van der Waals surface area contributed by atoms with E-state index in [0.717, 1.165) is 5.39 Å². The minimum absolute atomic E-state index is 0.0859. The molecule has 22 heavy (non-hydrogen) atoms. The second kappa shape index (κ2) is 7.06. The van der Waals surface area contributed by atoms with Gasteiger partial charge < -0.3 is 15.2 Å². The first-order valence-corrected chi connectivity index (χ1v) is 7.35. The van der Waals surface area contributed by atoms with E-state index in [9.17, 15) is 9.59 Å². The number of amides is 2. The van der Waals surface area contributed by atoms with Gasteiger partial charge in [0.25, 0.3) is 0 Å². The second-order valence-electron chi connectivity index (χ2n) is 5.67. The molecule has 6 heteroatoms. The Balaban J connectivity index is 2.06. The quantitative estimate of drug-likeness (QED) is 0.850. The molecule has 0 aliphatic carbocycles. The van der Waals surface area contributed by atoms with Crippen molar-refractivity contribution in [1.29, 1.82) is 0 Å². The molecule has 118 valence electrons. The van der Waals surface area contributed by atoms with Crippen LogP contribution in [0.1, 0.15) is 26.0 Å². The molecule has 6 nitrogen and oxygen atoms in total. The summed E-state index contributed by atoms with van der Waals surface area (Å²) in [6, 6.07) is 6.85. The van der Waals surface area contributed by atoms with Crippen molar-refractivity contribution in [3.63, 3.8) is 0 Å². The zero-order chi connectivity index (χ0) is 16.1. The summed E-state index contributed by atoms with van der Waals surface area (Å²) in [6.07, 6.45) is 0.674. The third-order valence-corrected chi connectivity index (χ3v) is 3.39. The number of carbonyl (C=O) groups is 2. The molecular weight excluding hydrogens is 282 g/mol. The summed E-state index contributed by atoms with van der Waals surface area (Å²) in [5, 5.41) is 10.1. The maximum Gasteiger partial charge on any atom is 0.242 e. The van der Waals surface area contributed by atoms with E-state index in [-0.39, 0.29) is 18.2 Å². The number of hydrogen-bond donors (Lipinski definition) is 2. The van der Waals surface area contributed by atoms with Crippen LogP contribution in [0.2, 0.25) is 0 Å². The third kappa shape index (κ3) is 3.84. The molecule has 0 saturated carbocycles. The maximum atomic E-state index is 12.2. The van der Waals surface area contributed by atoms with Crippen LogP contribution in [0.4, 0.5) is 0 Å². The Morgan fingerprint density at radius 3 is 2.68 bits per heavy atom. The van der Waals surface area contributed by atoms with Crippen molar-refractivity contribution in [1.82, 2.24) is 15.8 Å². The number of rotatable bonds is 6. The Hall–Kier alpha value is -2.37. The molecule has 0 fully saturated rings. The SMILES string of the molecule is CNC(=O)[C@H](CC(C)C)NC(=O)Cc1noc2ccccc12. The van der Waals surface area contributed by atoms with Crippen LogP contribution in [0.15, 0.2) is 28.8 Å². The minimum Gasteiger partial charge on any atom is -0.357 e. The third-order valence-electron chi connectivity index (χ3n) is 3.39. The summed E-state index contributed by atoms with van der Waals surface area (Å²) in [5.41, 5.74) is 1.23. The van der Waals surface area contributed by atoms with Crippen LogP contribution in [0.5, 0.6) is 0 Å². The molecule has 1 aromatic carbocycles. The van der Waals surface area contributed by atoms with E-state index in [0.29, 0.717) is 23.6 Å². The summed E-state index contributed by atoms with van der Waals surface area (Å²) in [5.74, 6) is -0.129. The Morgan fingerprint density at radius 1 is 1.27 bits per heavy atom. The van der Waals surface area contributed by atoms with E-state index < -0.39 is 6.04 Å². The predicted molar refractivity (Wildman–Crippen MR) is 83.2 cm³/mol.